The van der Waals surface area contributed by atoms with Crippen molar-refractivity contribution in [2.75, 3.05) is 5.32 Å². The van der Waals surface area contributed by atoms with Crippen molar-refractivity contribution < 1.29 is 27.5 Å². The lowest BCUT2D eigenvalue weighted by Gasteiger charge is -2.10. The summed E-state index contributed by atoms with van der Waals surface area (Å²) in [7, 11) is 1.70. The highest BCUT2D eigenvalue weighted by Gasteiger charge is 2.27. The number of ether oxygens (including phenoxy) is 1. The molecule has 0 fully saturated rings. The molecule has 40 heavy (non-hydrogen) atoms. The van der Waals surface area contributed by atoms with Crippen LogP contribution in [0.3, 0.4) is 0 Å². The molecule has 0 aliphatic rings. The van der Waals surface area contributed by atoms with Crippen LogP contribution in [0, 0.1) is 6.92 Å². The summed E-state index contributed by atoms with van der Waals surface area (Å²) in [6, 6.07) is 12.0. The number of furan rings is 1. The van der Waals surface area contributed by atoms with E-state index in [2.05, 4.69) is 22.3 Å². The molecule has 5 rings (SSSR count). The van der Waals surface area contributed by atoms with Crippen LogP contribution in [0.2, 0.25) is 0 Å². The number of carbonyl (C=O) groups is 2. The monoisotopic (exact) mass is 565 g/mol. The van der Waals surface area contributed by atoms with Crippen molar-refractivity contribution in [2.24, 2.45) is 12.8 Å². The molecule has 0 saturated carbocycles. The Hall–Kier alpha value is -4.58. The molecular formula is C28H25F2N5O4S. The van der Waals surface area contributed by atoms with Crippen LogP contribution in [0.4, 0.5) is 14.5 Å². The fraction of sp³-hybridized carbons (Fsp3) is 0.214. The smallest absolute Gasteiger partial charge is 0.291 e. The highest BCUT2D eigenvalue weighted by molar-refractivity contribution is 7.21. The predicted octanol–water partition coefficient (Wildman–Crippen LogP) is 6.03. The molecule has 0 bridgehead atoms. The number of primary amides is 1. The third kappa shape index (κ3) is 5.30. The van der Waals surface area contributed by atoms with Crippen molar-refractivity contribution in [1.29, 1.82) is 0 Å². The number of hydrogen-bond acceptors (Lipinski definition) is 7. The Morgan fingerprint density at radius 3 is 2.55 bits per heavy atom. The predicted molar refractivity (Wildman–Crippen MR) is 147 cm³/mol. The number of aryl methyl sites for hydroxylation is 3. The largest absolute Gasteiger partial charge is 0.486 e. The number of aromatic nitrogens is 3. The maximum atomic E-state index is 13.7. The molecule has 3 N–H and O–H groups in total. The Balaban J connectivity index is 1.48. The first-order valence-electron chi connectivity index (χ1n) is 12.3. The van der Waals surface area contributed by atoms with Gasteiger partial charge in [-0.3, -0.25) is 14.3 Å². The van der Waals surface area contributed by atoms with Gasteiger partial charge in [-0.2, -0.15) is 5.10 Å². The van der Waals surface area contributed by atoms with Crippen LogP contribution in [0.1, 0.15) is 56.3 Å². The number of nitrogens with zero attached hydrogens (tertiary/aromatic N) is 3. The summed E-state index contributed by atoms with van der Waals surface area (Å²) in [6.45, 7) is 3.89. The lowest BCUT2D eigenvalue weighted by Crippen LogP contribution is -2.16. The van der Waals surface area contributed by atoms with E-state index in [1.54, 1.807) is 30.9 Å². The number of pyridine rings is 1. The molecule has 0 saturated heterocycles. The molecule has 2 amide bonds. The molecule has 206 valence electrons. The SMILES string of the molecule is CCc1ccc(OCc2ccc(C(=O)Nc3c(C(N)=O)sc4nc(C(F)F)cc(-c5cn(C)nc5C)c34)o2)cc1. The Labute approximate surface area is 231 Å². The van der Waals surface area contributed by atoms with Gasteiger partial charge < -0.3 is 20.2 Å². The van der Waals surface area contributed by atoms with Crippen LogP contribution in [-0.2, 0) is 20.1 Å². The van der Waals surface area contributed by atoms with Gasteiger partial charge in [0.15, 0.2) is 5.76 Å². The molecule has 0 aliphatic carbocycles. The number of thiophene rings is 1. The number of hydrogen-bond donors (Lipinski definition) is 2. The average Bonchev–Trinajstić information content (AvgIpc) is 3.64. The van der Waals surface area contributed by atoms with Crippen LogP contribution in [0.25, 0.3) is 21.3 Å². The first-order valence-corrected chi connectivity index (χ1v) is 13.1. The molecule has 1 aromatic carbocycles. The van der Waals surface area contributed by atoms with Gasteiger partial charge in [0.2, 0.25) is 0 Å². The van der Waals surface area contributed by atoms with E-state index < -0.39 is 23.9 Å². The summed E-state index contributed by atoms with van der Waals surface area (Å²) in [6.07, 6.45) is -0.271. The van der Waals surface area contributed by atoms with Gasteiger partial charge in [0.25, 0.3) is 18.2 Å². The van der Waals surface area contributed by atoms with Crippen molar-refractivity contribution in [1.82, 2.24) is 14.8 Å². The topological polar surface area (TPSA) is 125 Å². The van der Waals surface area contributed by atoms with E-state index in [1.165, 1.54) is 17.7 Å². The molecule has 0 spiro atoms. The number of carbonyl (C=O) groups excluding carboxylic acids is 2. The van der Waals surface area contributed by atoms with Crippen LogP contribution in [-0.4, -0.2) is 26.6 Å². The number of benzene rings is 1. The van der Waals surface area contributed by atoms with Gasteiger partial charge in [-0.05, 0) is 54.8 Å². The average molecular weight is 566 g/mol. The first kappa shape index (κ1) is 27.0. The van der Waals surface area contributed by atoms with Gasteiger partial charge in [-0.25, -0.2) is 13.8 Å². The van der Waals surface area contributed by atoms with Crippen molar-refractivity contribution in [3.8, 4) is 16.9 Å². The zero-order valence-electron chi connectivity index (χ0n) is 21.8. The van der Waals surface area contributed by atoms with Gasteiger partial charge in [0.05, 0.1) is 11.4 Å². The second-order valence-corrected chi connectivity index (χ2v) is 10.1. The molecule has 4 heterocycles. The number of fused-ring (bicyclic) bond motifs is 1. The number of halogens is 2. The van der Waals surface area contributed by atoms with Gasteiger partial charge in [0.1, 0.15) is 33.5 Å². The van der Waals surface area contributed by atoms with Gasteiger partial charge in [0, 0.05) is 24.2 Å². The Bertz CT molecular complexity index is 1720. The van der Waals surface area contributed by atoms with Gasteiger partial charge in [-0.15, -0.1) is 11.3 Å². The number of anilines is 1. The minimum Gasteiger partial charge on any atom is -0.486 e. The summed E-state index contributed by atoms with van der Waals surface area (Å²) >= 11 is 0.824. The zero-order valence-corrected chi connectivity index (χ0v) is 22.6. The van der Waals surface area contributed by atoms with Crippen LogP contribution in [0.5, 0.6) is 5.75 Å². The first-order chi connectivity index (χ1) is 19.1. The van der Waals surface area contributed by atoms with Crippen molar-refractivity contribution in [3.63, 3.8) is 0 Å². The number of amides is 2. The molecular weight excluding hydrogens is 540 g/mol. The van der Waals surface area contributed by atoms with Crippen molar-refractivity contribution >= 4 is 39.1 Å². The van der Waals surface area contributed by atoms with E-state index in [1.807, 2.05) is 24.3 Å². The fourth-order valence-electron chi connectivity index (χ4n) is 4.33. The fourth-order valence-corrected chi connectivity index (χ4v) is 5.34. The Kier molecular flexibility index (Phi) is 7.35. The number of alkyl halides is 2. The minimum atomic E-state index is -2.86. The molecule has 4 aromatic heterocycles. The maximum Gasteiger partial charge on any atom is 0.291 e. The quantitative estimate of drug-likeness (QED) is 0.225. The number of nitrogens with two attached hydrogens (primary N) is 1. The van der Waals surface area contributed by atoms with E-state index in [4.69, 9.17) is 14.9 Å². The Morgan fingerprint density at radius 2 is 1.93 bits per heavy atom. The minimum absolute atomic E-state index is 0.0318. The highest BCUT2D eigenvalue weighted by atomic mass is 32.1. The molecule has 0 radical (unpaired) electrons. The normalized spacial score (nSPS) is 11.3. The van der Waals surface area contributed by atoms with Crippen molar-refractivity contribution in [3.05, 3.63) is 82.0 Å². The van der Waals surface area contributed by atoms with E-state index in [0.29, 0.717) is 33.7 Å². The number of nitrogens with one attached hydrogen (secondary N) is 1. The number of rotatable bonds is 9. The van der Waals surface area contributed by atoms with Gasteiger partial charge in [-0.1, -0.05) is 19.1 Å². The van der Waals surface area contributed by atoms with Crippen LogP contribution in [0.15, 0.2) is 53.1 Å². The summed E-state index contributed by atoms with van der Waals surface area (Å²) in [5, 5.41) is 7.31. The highest BCUT2D eigenvalue weighted by Crippen LogP contribution is 2.43. The second-order valence-electron chi connectivity index (χ2n) is 9.05. The summed E-state index contributed by atoms with van der Waals surface area (Å²) in [5.74, 6) is -0.471. The molecule has 0 aliphatic heterocycles. The molecule has 5 aromatic rings. The molecule has 0 unspecified atom stereocenters. The molecule has 9 nitrogen and oxygen atoms in total. The lowest BCUT2D eigenvalue weighted by molar-refractivity contribution is 0.0992. The third-order valence-electron chi connectivity index (χ3n) is 6.27. The maximum absolute atomic E-state index is 13.7. The lowest BCUT2D eigenvalue weighted by atomic mass is 10.0. The van der Waals surface area contributed by atoms with Crippen LogP contribution < -0.4 is 15.8 Å². The third-order valence-corrected chi connectivity index (χ3v) is 7.37. The second kappa shape index (κ2) is 10.9. The van der Waals surface area contributed by atoms with Gasteiger partial charge >= 0.3 is 0 Å². The summed E-state index contributed by atoms with van der Waals surface area (Å²) in [5.41, 5.74) is 7.85. The van der Waals surface area contributed by atoms with E-state index >= 15 is 0 Å². The van der Waals surface area contributed by atoms with E-state index in [0.717, 1.165) is 17.8 Å². The summed E-state index contributed by atoms with van der Waals surface area (Å²) < 4.78 is 40.5. The standard InChI is InChI=1S/C28H25F2N5O4S/c1-4-15-5-7-16(8-6-15)38-13-17-9-10-21(39-17)27(37)33-23-22-18(19-12-35(3)34-14(19)2)11-20(25(29)30)32-28(22)40-24(23)26(31)36/h5-12,25H,4,13H2,1-3H3,(H2,31,36)(H,33,37). The molecule has 0 atom stereocenters. The zero-order chi connectivity index (χ0) is 28.6. The van der Waals surface area contributed by atoms with E-state index in [9.17, 15) is 18.4 Å². The molecule has 12 heteroatoms. The summed E-state index contributed by atoms with van der Waals surface area (Å²) in [4.78, 5) is 29.7. The Morgan fingerprint density at radius 1 is 1.18 bits per heavy atom. The van der Waals surface area contributed by atoms with E-state index in [-0.39, 0.29) is 27.8 Å². The van der Waals surface area contributed by atoms with Crippen LogP contribution >= 0.6 is 11.3 Å². The van der Waals surface area contributed by atoms with Crippen molar-refractivity contribution in [2.45, 2.75) is 33.3 Å².